The maximum Gasteiger partial charge on any atom is 0.307 e. The molecule has 3 rings (SSSR count). The Kier molecular flexibility index (Phi) is 3.54. The minimum atomic E-state index is -0.833. The number of ether oxygens (including phenoxy) is 1. The Bertz CT molecular complexity index is 447. The van der Waals surface area contributed by atoms with Crippen LogP contribution in [-0.4, -0.2) is 48.2 Å². The number of allylic oxidation sites excluding steroid dienone is 2. The van der Waals surface area contributed by atoms with E-state index in [9.17, 15) is 14.7 Å². The number of carbonyl (C=O) groups excluding carboxylic acids is 1. The topological polar surface area (TPSA) is 66.8 Å². The van der Waals surface area contributed by atoms with Gasteiger partial charge in [-0.2, -0.15) is 0 Å². The average Bonchev–Trinajstić information content (AvgIpc) is 3.07. The van der Waals surface area contributed by atoms with E-state index >= 15 is 0 Å². The molecule has 2 fully saturated rings. The standard InChI is InChI=1S/C15H21NO4/c1-20-11-3-2-6-16(8-11)14(17)12-9-4-5-10(7-9)13(12)15(18)19/h4-5,9-13H,2-3,6-8H2,1H3,(H,18,19)/t9?,10?,11?,12-,13+/m0/s1. The molecule has 3 aliphatic rings. The highest BCUT2D eigenvalue weighted by Crippen LogP contribution is 2.48. The molecule has 1 amide bonds. The molecule has 0 radical (unpaired) electrons. The molecule has 1 aliphatic heterocycles. The van der Waals surface area contributed by atoms with Gasteiger partial charge in [-0.15, -0.1) is 0 Å². The van der Waals surface area contributed by atoms with Gasteiger partial charge in [0.15, 0.2) is 0 Å². The number of likely N-dealkylation sites (tertiary alicyclic amines) is 1. The van der Waals surface area contributed by atoms with Crippen molar-refractivity contribution in [2.45, 2.75) is 25.4 Å². The second-order valence-electron chi connectivity index (χ2n) is 6.12. The van der Waals surface area contributed by atoms with Crippen LogP contribution in [0.5, 0.6) is 0 Å². The first-order valence-corrected chi connectivity index (χ1v) is 7.34. The van der Waals surface area contributed by atoms with Crippen molar-refractivity contribution in [3.05, 3.63) is 12.2 Å². The van der Waals surface area contributed by atoms with E-state index in [1.165, 1.54) is 0 Å². The van der Waals surface area contributed by atoms with E-state index in [2.05, 4.69) is 0 Å². The molecule has 5 heteroatoms. The summed E-state index contributed by atoms with van der Waals surface area (Å²) in [7, 11) is 1.67. The van der Waals surface area contributed by atoms with E-state index in [4.69, 9.17) is 4.74 Å². The van der Waals surface area contributed by atoms with Gasteiger partial charge in [0, 0.05) is 20.2 Å². The number of nitrogens with zero attached hydrogens (tertiary/aromatic N) is 1. The van der Waals surface area contributed by atoms with Crippen molar-refractivity contribution in [3.8, 4) is 0 Å². The number of fused-ring (bicyclic) bond motifs is 2. The van der Waals surface area contributed by atoms with Crippen LogP contribution in [0.15, 0.2) is 12.2 Å². The highest BCUT2D eigenvalue weighted by Gasteiger charge is 2.52. The number of methoxy groups -OCH3 is 1. The molecule has 1 heterocycles. The lowest BCUT2D eigenvalue weighted by molar-refractivity contribution is -0.152. The largest absolute Gasteiger partial charge is 0.481 e. The van der Waals surface area contributed by atoms with Crippen molar-refractivity contribution < 1.29 is 19.4 Å². The van der Waals surface area contributed by atoms with E-state index in [1.54, 1.807) is 7.11 Å². The lowest BCUT2D eigenvalue weighted by atomic mass is 9.81. The van der Waals surface area contributed by atoms with Gasteiger partial charge in [0.05, 0.1) is 17.9 Å². The molecule has 1 saturated heterocycles. The Morgan fingerprint density at radius 2 is 1.95 bits per heavy atom. The van der Waals surface area contributed by atoms with Gasteiger partial charge in [-0.1, -0.05) is 12.2 Å². The van der Waals surface area contributed by atoms with Crippen molar-refractivity contribution in [2.24, 2.45) is 23.7 Å². The molecule has 110 valence electrons. The molecule has 5 nitrogen and oxygen atoms in total. The fourth-order valence-corrected chi connectivity index (χ4v) is 4.04. The molecule has 0 aromatic heterocycles. The number of carboxylic acids is 1. The summed E-state index contributed by atoms with van der Waals surface area (Å²) in [5.41, 5.74) is 0. The van der Waals surface area contributed by atoms with Crippen LogP contribution in [0.25, 0.3) is 0 Å². The highest BCUT2D eigenvalue weighted by molar-refractivity contribution is 5.87. The van der Waals surface area contributed by atoms with Gasteiger partial charge < -0.3 is 14.7 Å². The molecule has 20 heavy (non-hydrogen) atoms. The quantitative estimate of drug-likeness (QED) is 0.787. The van der Waals surface area contributed by atoms with E-state index in [-0.39, 0.29) is 29.8 Å². The number of carbonyl (C=O) groups is 2. The van der Waals surface area contributed by atoms with Crippen LogP contribution in [0, 0.1) is 23.7 Å². The third-order valence-corrected chi connectivity index (χ3v) is 5.05. The fourth-order valence-electron chi connectivity index (χ4n) is 4.04. The molecular formula is C15H21NO4. The lowest BCUT2D eigenvalue weighted by Gasteiger charge is -2.36. The van der Waals surface area contributed by atoms with Gasteiger partial charge in [0.2, 0.25) is 5.91 Å². The summed E-state index contributed by atoms with van der Waals surface area (Å²) in [6.07, 6.45) is 6.81. The second-order valence-corrected chi connectivity index (χ2v) is 6.12. The smallest absolute Gasteiger partial charge is 0.307 e. The van der Waals surface area contributed by atoms with E-state index < -0.39 is 11.9 Å². The summed E-state index contributed by atoms with van der Waals surface area (Å²) in [5.74, 6) is -1.60. The first-order valence-electron chi connectivity index (χ1n) is 7.34. The maximum atomic E-state index is 12.7. The van der Waals surface area contributed by atoms with Crippen LogP contribution >= 0.6 is 0 Å². The Balaban J connectivity index is 1.76. The van der Waals surface area contributed by atoms with Crippen molar-refractivity contribution in [3.63, 3.8) is 0 Å². The zero-order valence-corrected chi connectivity index (χ0v) is 11.7. The molecule has 1 saturated carbocycles. The van der Waals surface area contributed by atoms with Crippen molar-refractivity contribution in [1.82, 2.24) is 4.90 Å². The molecule has 2 aliphatic carbocycles. The van der Waals surface area contributed by atoms with Crippen LogP contribution in [0.3, 0.4) is 0 Å². The van der Waals surface area contributed by atoms with Crippen molar-refractivity contribution in [2.75, 3.05) is 20.2 Å². The molecule has 0 aromatic carbocycles. The van der Waals surface area contributed by atoms with Crippen LogP contribution < -0.4 is 0 Å². The predicted octanol–water partition coefficient (Wildman–Crippen LogP) is 1.15. The molecule has 3 unspecified atom stereocenters. The Morgan fingerprint density at radius 3 is 2.60 bits per heavy atom. The molecule has 0 spiro atoms. The number of amides is 1. The summed E-state index contributed by atoms with van der Waals surface area (Å²) in [6, 6.07) is 0. The van der Waals surface area contributed by atoms with Gasteiger partial charge >= 0.3 is 5.97 Å². The SMILES string of the molecule is COC1CCCN(C(=O)[C@H]2C3C=CC(C3)[C@H]2C(=O)O)C1. The molecular weight excluding hydrogens is 258 g/mol. The summed E-state index contributed by atoms with van der Waals surface area (Å²) in [4.78, 5) is 26.0. The minimum absolute atomic E-state index is 0.0102. The maximum absolute atomic E-state index is 12.7. The van der Waals surface area contributed by atoms with Crippen molar-refractivity contribution >= 4 is 11.9 Å². The number of piperidine rings is 1. The average molecular weight is 279 g/mol. The number of aliphatic carboxylic acids is 1. The third-order valence-electron chi connectivity index (χ3n) is 5.05. The lowest BCUT2D eigenvalue weighted by Crippen LogP contribution is -2.48. The zero-order valence-electron chi connectivity index (χ0n) is 11.7. The van der Waals surface area contributed by atoms with Crippen LogP contribution in [0.2, 0.25) is 0 Å². The molecule has 5 atom stereocenters. The number of hydrogen-bond acceptors (Lipinski definition) is 3. The van der Waals surface area contributed by atoms with Gasteiger partial charge in [-0.25, -0.2) is 0 Å². The summed E-state index contributed by atoms with van der Waals surface area (Å²) < 4.78 is 5.35. The monoisotopic (exact) mass is 279 g/mol. The highest BCUT2D eigenvalue weighted by atomic mass is 16.5. The van der Waals surface area contributed by atoms with Crippen molar-refractivity contribution in [1.29, 1.82) is 0 Å². The first-order chi connectivity index (χ1) is 9.61. The molecule has 0 aromatic rings. The Morgan fingerprint density at radius 1 is 1.25 bits per heavy atom. The van der Waals surface area contributed by atoms with E-state index in [1.807, 2.05) is 17.1 Å². The summed E-state index contributed by atoms with van der Waals surface area (Å²) in [6.45, 7) is 1.32. The van der Waals surface area contributed by atoms with E-state index in [0.29, 0.717) is 6.54 Å². The second kappa shape index (κ2) is 5.20. The van der Waals surface area contributed by atoms with Crippen LogP contribution in [-0.2, 0) is 14.3 Å². The Labute approximate surface area is 118 Å². The molecule has 2 bridgehead atoms. The van der Waals surface area contributed by atoms with Gasteiger partial charge in [-0.05, 0) is 31.1 Å². The van der Waals surface area contributed by atoms with Crippen LogP contribution in [0.4, 0.5) is 0 Å². The summed E-state index contributed by atoms with van der Waals surface area (Å²) >= 11 is 0. The van der Waals surface area contributed by atoms with Gasteiger partial charge in [0.1, 0.15) is 0 Å². The predicted molar refractivity (Wildman–Crippen MR) is 72.0 cm³/mol. The fraction of sp³-hybridized carbons (Fsp3) is 0.733. The number of rotatable bonds is 3. The Hall–Kier alpha value is -1.36. The number of hydrogen-bond donors (Lipinski definition) is 1. The van der Waals surface area contributed by atoms with Gasteiger partial charge in [0.25, 0.3) is 0 Å². The minimum Gasteiger partial charge on any atom is -0.481 e. The normalized spacial score (nSPS) is 39.2. The zero-order chi connectivity index (χ0) is 14.3. The van der Waals surface area contributed by atoms with Crippen LogP contribution in [0.1, 0.15) is 19.3 Å². The third kappa shape index (κ3) is 2.14. The number of carboxylic acid groups (broad SMARTS) is 1. The van der Waals surface area contributed by atoms with Gasteiger partial charge in [-0.3, -0.25) is 9.59 Å². The molecule has 1 N–H and O–H groups in total. The first kappa shape index (κ1) is 13.6. The van der Waals surface area contributed by atoms with E-state index in [0.717, 1.165) is 25.8 Å². The summed E-state index contributed by atoms with van der Waals surface area (Å²) in [5, 5.41) is 9.42.